The van der Waals surface area contributed by atoms with E-state index in [0.29, 0.717) is 5.41 Å². The van der Waals surface area contributed by atoms with Crippen LogP contribution in [0, 0.1) is 11.2 Å². The fourth-order valence-electron chi connectivity index (χ4n) is 4.08. The number of benzene rings is 1. The Morgan fingerprint density at radius 3 is 2.96 bits per heavy atom. The summed E-state index contributed by atoms with van der Waals surface area (Å²) < 4.78 is 19.4. The molecule has 0 unspecified atom stereocenters. The highest BCUT2D eigenvalue weighted by molar-refractivity contribution is 5.17. The molecule has 1 aromatic carbocycles. The minimum absolute atomic E-state index is 0.161. The molecule has 128 valence electrons. The molecular weight excluding hydrogens is 305 g/mol. The summed E-state index contributed by atoms with van der Waals surface area (Å²) >= 11 is 0. The molecule has 1 spiro atoms. The number of aromatic amines is 1. The molecule has 4 rings (SSSR count). The number of imidazole rings is 1. The Morgan fingerprint density at radius 1 is 1.33 bits per heavy atom. The van der Waals surface area contributed by atoms with Crippen LogP contribution >= 0.6 is 0 Å². The predicted octanol–water partition coefficient (Wildman–Crippen LogP) is 3.16. The van der Waals surface area contributed by atoms with E-state index in [0.717, 1.165) is 50.5 Å². The van der Waals surface area contributed by atoms with Gasteiger partial charge in [-0.15, -0.1) is 0 Å². The van der Waals surface area contributed by atoms with E-state index >= 15 is 0 Å². The fraction of sp³-hybridized carbons (Fsp3) is 0.526. The van der Waals surface area contributed by atoms with Crippen molar-refractivity contribution < 1.29 is 9.13 Å². The molecule has 0 bridgehead atoms. The van der Waals surface area contributed by atoms with Crippen molar-refractivity contribution in [2.75, 3.05) is 19.7 Å². The highest BCUT2D eigenvalue weighted by Gasteiger charge is 2.42. The first-order valence-corrected chi connectivity index (χ1v) is 8.78. The van der Waals surface area contributed by atoms with Crippen LogP contribution in [0.1, 0.15) is 30.7 Å². The molecule has 1 atom stereocenters. The second-order valence-electron chi connectivity index (χ2n) is 7.28. The van der Waals surface area contributed by atoms with Crippen molar-refractivity contribution in [2.45, 2.75) is 38.3 Å². The van der Waals surface area contributed by atoms with E-state index < -0.39 is 0 Å². The maximum absolute atomic E-state index is 13.3. The standard InChI is InChI=1S/C19H24FN3O/c20-16-3-1-2-15(10-16)11-17-12-19(14-24-17)4-8-23(9-5-19)13-18-21-6-7-22-18/h1-3,6-7,10,17H,4-5,8-9,11-14H2,(H,21,22)/t17-/m0/s1. The summed E-state index contributed by atoms with van der Waals surface area (Å²) in [5.41, 5.74) is 1.35. The lowest BCUT2D eigenvalue weighted by atomic mass is 9.76. The van der Waals surface area contributed by atoms with Crippen LogP contribution in [0.4, 0.5) is 4.39 Å². The Hall–Kier alpha value is -1.72. The van der Waals surface area contributed by atoms with E-state index in [4.69, 9.17) is 4.74 Å². The normalized spacial score (nSPS) is 23.8. The van der Waals surface area contributed by atoms with Crippen LogP contribution < -0.4 is 0 Å². The van der Waals surface area contributed by atoms with E-state index in [1.807, 2.05) is 18.5 Å². The molecule has 0 radical (unpaired) electrons. The van der Waals surface area contributed by atoms with E-state index in [9.17, 15) is 4.39 Å². The number of aromatic nitrogens is 2. The van der Waals surface area contributed by atoms with Gasteiger partial charge in [0, 0.05) is 12.4 Å². The van der Waals surface area contributed by atoms with Crippen molar-refractivity contribution in [1.82, 2.24) is 14.9 Å². The van der Waals surface area contributed by atoms with Crippen molar-refractivity contribution in [1.29, 1.82) is 0 Å². The summed E-state index contributed by atoms with van der Waals surface area (Å²) in [4.78, 5) is 9.95. The van der Waals surface area contributed by atoms with Gasteiger partial charge in [-0.05, 0) is 61.9 Å². The van der Waals surface area contributed by atoms with Crippen LogP contribution in [-0.4, -0.2) is 40.7 Å². The summed E-state index contributed by atoms with van der Waals surface area (Å²) in [5, 5.41) is 0. The highest BCUT2D eigenvalue weighted by Crippen LogP contribution is 2.42. The summed E-state index contributed by atoms with van der Waals surface area (Å²) in [6.07, 6.45) is 8.17. The SMILES string of the molecule is Fc1cccc(C[C@H]2CC3(CCN(Cc4ncc[nH]4)CC3)CO2)c1. The van der Waals surface area contributed by atoms with Crippen LogP contribution in [0.5, 0.6) is 0 Å². The molecule has 1 N–H and O–H groups in total. The number of nitrogens with one attached hydrogen (secondary N) is 1. The van der Waals surface area contributed by atoms with Gasteiger partial charge in [-0.3, -0.25) is 4.90 Å². The van der Waals surface area contributed by atoms with E-state index in [2.05, 4.69) is 14.9 Å². The summed E-state index contributed by atoms with van der Waals surface area (Å²) in [6.45, 7) is 3.94. The van der Waals surface area contributed by atoms with Gasteiger partial charge in [-0.2, -0.15) is 0 Å². The second kappa shape index (κ2) is 6.65. The molecule has 5 heteroatoms. The number of hydrogen-bond acceptors (Lipinski definition) is 3. The molecule has 2 aliphatic heterocycles. The Balaban J connectivity index is 1.30. The molecular formula is C19H24FN3O. The Labute approximate surface area is 142 Å². The first-order valence-electron chi connectivity index (χ1n) is 8.78. The van der Waals surface area contributed by atoms with Gasteiger partial charge in [-0.1, -0.05) is 12.1 Å². The Kier molecular flexibility index (Phi) is 4.37. The molecule has 3 heterocycles. The van der Waals surface area contributed by atoms with Gasteiger partial charge in [0.2, 0.25) is 0 Å². The summed E-state index contributed by atoms with van der Waals surface area (Å²) in [7, 11) is 0. The van der Waals surface area contributed by atoms with E-state index in [-0.39, 0.29) is 11.9 Å². The molecule has 2 saturated heterocycles. The van der Waals surface area contributed by atoms with Crippen LogP contribution in [0.25, 0.3) is 0 Å². The maximum Gasteiger partial charge on any atom is 0.123 e. The number of rotatable bonds is 4. The number of nitrogens with zero attached hydrogens (tertiary/aromatic N) is 2. The minimum atomic E-state index is -0.161. The van der Waals surface area contributed by atoms with Crippen molar-refractivity contribution in [2.24, 2.45) is 5.41 Å². The quantitative estimate of drug-likeness (QED) is 0.937. The molecule has 0 amide bonds. The number of piperidine rings is 1. The van der Waals surface area contributed by atoms with Crippen LogP contribution in [0.2, 0.25) is 0 Å². The van der Waals surface area contributed by atoms with Crippen molar-refractivity contribution in [3.05, 3.63) is 53.9 Å². The molecule has 4 nitrogen and oxygen atoms in total. The molecule has 0 aliphatic carbocycles. The van der Waals surface area contributed by atoms with E-state index in [1.54, 1.807) is 12.1 Å². The number of halogens is 1. The topological polar surface area (TPSA) is 41.2 Å². The highest BCUT2D eigenvalue weighted by atomic mass is 19.1. The third-order valence-corrected chi connectivity index (χ3v) is 5.48. The first-order chi connectivity index (χ1) is 11.7. The smallest absolute Gasteiger partial charge is 0.123 e. The summed E-state index contributed by atoms with van der Waals surface area (Å²) in [6, 6.07) is 6.89. The van der Waals surface area contributed by atoms with Gasteiger partial charge in [0.15, 0.2) is 0 Å². The molecule has 2 aromatic rings. The fourth-order valence-corrected chi connectivity index (χ4v) is 4.08. The second-order valence-corrected chi connectivity index (χ2v) is 7.28. The Morgan fingerprint density at radius 2 is 2.21 bits per heavy atom. The number of H-pyrrole nitrogens is 1. The van der Waals surface area contributed by atoms with Crippen molar-refractivity contribution in [3.63, 3.8) is 0 Å². The predicted molar refractivity (Wildman–Crippen MR) is 90.0 cm³/mol. The van der Waals surface area contributed by atoms with Gasteiger partial charge in [0.1, 0.15) is 11.6 Å². The minimum Gasteiger partial charge on any atom is -0.377 e. The zero-order valence-electron chi connectivity index (χ0n) is 13.9. The zero-order chi connectivity index (χ0) is 16.4. The lowest BCUT2D eigenvalue weighted by Crippen LogP contribution is -2.40. The molecule has 2 fully saturated rings. The van der Waals surface area contributed by atoms with E-state index in [1.165, 1.54) is 18.9 Å². The lowest BCUT2D eigenvalue weighted by molar-refractivity contribution is 0.0625. The van der Waals surface area contributed by atoms with Crippen molar-refractivity contribution in [3.8, 4) is 0 Å². The van der Waals surface area contributed by atoms with Crippen LogP contribution in [-0.2, 0) is 17.7 Å². The van der Waals surface area contributed by atoms with Crippen LogP contribution in [0.15, 0.2) is 36.7 Å². The Bertz CT molecular complexity index is 665. The summed E-state index contributed by atoms with van der Waals surface area (Å²) in [5.74, 6) is 0.879. The largest absolute Gasteiger partial charge is 0.377 e. The van der Waals surface area contributed by atoms with Gasteiger partial charge < -0.3 is 9.72 Å². The third kappa shape index (κ3) is 3.52. The molecule has 24 heavy (non-hydrogen) atoms. The molecule has 0 saturated carbocycles. The number of likely N-dealkylation sites (tertiary alicyclic amines) is 1. The monoisotopic (exact) mass is 329 g/mol. The average molecular weight is 329 g/mol. The molecule has 2 aliphatic rings. The van der Waals surface area contributed by atoms with Gasteiger partial charge in [0.05, 0.1) is 19.3 Å². The van der Waals surface area contributed by atoms with Gasteiger partial charge >= 0.3 is 0 Å². The average Bonchev–Trinajstić information content (AvgIpc) is 3.21. The van der Waals surface area contributed by atoms with Gasteiger partial charge in [-0.25, -0.2) is 9.37 Å². The third-order valence-electron chi connectivity index (χ3n) is 5.48. The number of ether oxygens (including phenoxy) is 1. The van der Waals surface area contributed by atoms with Crippen molar-refractivity contribution >= 4 is 0 Å². The van der Waals surface area contributed by atoms with Crippen LogP contribution in [0.3, 0.4) is 0 Å². The van der Waals surface area contributed by atoms with Gasteiger partial charge in [0.25, 0.3) is 0 Å². The first kappa shape index (κ1) is 15.8. The molecule has 1 aromatic heterocycles. The number of hydrogen-bond donors (Lipinski definition) is 1. The lowest BCUT2D eigenvalue weighted by Gasteiger charge is -2.38. The maximum atomic E-state index is 13.3. The zero-order valence-corrected chi connectivity index (χ0v) is 13.9.